The summed E-state index contributed by atoms with van der Waals surface area (Å²) >= 11 is 5.90. The molecule has 1 aromatic rings. The Labute approximate surface area is 124 Å². The van der Waals surface area contributed by atoms with Gasteiger partial charge in [-0.2, -0.15) is 0 Å². The van der Waals surface area contributed by atoms with Gasteiger partial charge in [-0.1, -0.05) is 23.7 Å². The first kappa shape index (κ1) is 14.3. The lowest BCUT2D eigenvalue weighted by Gasteiger charge is -2.38. The highest BCUT2D eigenvalue weighted by Gasteiger charge is 2.33. The average Bonchev–Trinajstić information content (AvgIpc) is 2.89. The van der Waals surface area contributed by atoms with Gasteiger partial charge in [-0.25, -0.2) is 0 Å². The van der Waals surface area contributed by atoms with E-state index in [0.29, 0.717) is 13.2 Å². The third-order valence-electron chi connectivity index (χ3n) is 4.22. The first-order chi connectivity index (χ1) is 9.72. The van der Waals surface area contributed by atoms with Crippen LogP contribution in [-0.4, -0.2) is 66.4 Å². The summed E-state index contributed by atoms with van der Waals surface area (Å²) in [7, 11) is 0. The molecule has 0 saturated carbocycles. The average molecular weight is 297 g/mol. The number of aliphatic hydroxyl groups excluding tert-OH is 1. The first-order valence-electron chi connectivity index (χ1n) is 7.19. The van der Waals surface area contributed by atoms with Gasteiger partial charge >= 0.3 is 0 Å². The maximum atomic E-state index is 9.88. The zero-order valence-corrected chi connectivity index (χ0v) is 12.3. The topological polar surface area (TPSA) is 35.9 Å². The van der Waals surface area contributed by atoms with Crippen LogP contribution in [0.15, 0.2) is 24.3 Å². The van der Waals surface area contributed by atoms with Crippen LogP contribution < -0.4 is 0 Å². The minimum atomic E-state index is -0.321. The van der Waals surface area contributed by atoms with Crippen LogP contribution in [0.2, 0.25) is 5.02 Å². The van der Waals surface area contributed by atoms with E-state index in [0.717, 1.165) is 37.7 Å². The minimum Gasteiger partial charge on any atom is -0.389 e. The summed E-state index contributed by atoms with van der Waals surface area (Å²) in [6.45, 7) is 6.18. The number of ether oxygens (including phenoxy) is 1. The normalized spacial score (nSPS) is 28.9. The van der Waals surface area contributed by atoms with E-state index < -0.39 is 0 Å². The molecular formula is C15H21ClN2O2. The smallest absolute Gasteiger partial charge is 0.0950 e. The van der Waals surface area contributed by atoms with Gasteiger partial charge in [0, 0.05) is 37.7 Å². The second-order valence-electron chi connectivity index (χ2n) is 5.61. The molecule has 2 fully saturated rings. The molecule has 2 heterocycles. The summed E-state index contributed by atoms with van der Waals surface area (Å²) in [5, 5.41) is 10.7. The lowest BCUT2D eigenvalue weighted by Crippen LogP contribution is -2.53. The van der Waals surface area contributed by atoms with Crippen molar-refractivity contribution in [2.75, 3.05) is 39.4 Å². The van der Waals surface area contributed by atoms with Crippen LogP contribution in [0.4, 0.5) is 0 Å². The molecule has 1 aromatic carbocycles. The van der Waals surface area contributed by atoms with Crippen LogP contribution in [0.1, 0.15) is 5.56 Å². The number of aliphatic hydroxyl groups is 1. The summed E-state index contributed by atoms with van der Waals surface area (Å²) in [5.74, 6) is 0. The van der Waals surface area contributed by atoms with Gasteiger partial charge in [-0.3, -0.25) is 9.80 Å². The molecule has 0 unspecified atom stereocenters. The Morgan fingerprint density at radius 2 is 1.80 bits per heavy atom. The van der Waals surface area contributed by atoms with Crippen molar-refractivity contribution >= 4 is 11.6 Å². The third kappa shape index (κ3) is 3.32. The molecule has 110 valence electrons. The fourth-order valence-electron chi connectivity index (χ4n) is 2.98. The molecule has 3 rings (SSSR count). The predicted molar refractivity (Wildman–Crippen MR) is 78.9 cm³/mol. The Morgan fingerprint density at radius 1 is 1.10 bits per heavy atom. The molecular weight excluding hydrogens is 276 g/mol. The Morgan fingerprint density at radius 3 is 2.40 bits per heavy atom. The molecule has 0 radical (unpaired) electrons. The monoisotopic (exact) mass is 296 g/mol. The Kier molecular flexibility index (Phi) is 4.58. The van der Waals surface area contributed by atoms with E-state index in [1.54, 1.807) is 0 Å². The lowest BCUT2D eigenvalue weighted by molar-refractivity contribution is 0.0422. The summed E-state index contributed by atoms with van der Waals surface area (Å²) in [4.78, 5) is 4.80. The van der Waals surface area contributed by atoms with E-state index in [4.69, 9.17) is 16.3 Å². The second-order valence-corrected chi connectivity index (χ2v) is 6.05. The summed E-state index contributed by atoms with van der Waals surface area (Å²) in [5.41, 5.74) is 1.30. The number of rotatable bonds is 3. The number of hydrogen-bond donors (Lipinski definition) is 1. The van der Waals surface area contributed by atoms with E-state index in [-0.39, 0.29) is 12.1 Å². The number of piperazine rings is 1. The summed E-state index contributed by atoms with van der Waals surface area (Å²) < 4.78 is 5.34. The van der Waals surface area contributed by atoms with Gasteiger partial charge in [-0.05, 0) is 17.7 Å². The molecule has 0 aliphatic carbocycles. The molecule has 1 N–H and O–H groups in total. The number of nitrogens with zero attached hydrogens (tertiary/aromatic N) is 2. The van der Waals surface area contributed by atoms with E-state index in [1.807, 2.05) is 12.1 Å². The molecule has 0 spiro atoms. The van der Waals surface area contributed by atoms with Crippen LogP contribution in [0.5, 0.6) is 0 Å². The first-order valence-corrected chi connectivity index (χ1v) is 7.57. The fraction of sp³-hybridized carbons (Fsp3) is 0.600. The standard InChI is InChI=1S/C15H21ClN2O2/c16-13-3-1-12(2-4-13)9-17-5-7-18(8-6-17)14-10-20-11-15(14)19/h1-4,14-15,19H,5-11H2/t14-,15-/m0/s1. The molecule has 2 aliphatic rings. The molecule has 0 bridgehead atoms. The highest BCUT2D eigenvalue weighted by Crippen LogP contribution is 2.17. The maximum Gasteiger partial charge on any atom is 0.0950 e. The third-order valence-corrected chi connectivity index (χ3v) is 4.47. The Bertz CT molecular complexity index is 432. The van der Waals surface area contributed by atoms with E-state index in [1.165, 1.54) is 5.56 Å². The Hall–Kier alpha value is -0.650. The molecule has 4 nitrogen and oxygen atoms in total. The number of hydrogen-bond acceptors (Lipinski definition) is 4. The molecule has 5 heteroatoms. The Balaban J connectivity index is 1.49. The van der Waals surface area contributed by atoms with Gasteiger partial charge in [0.05, 0.1) is 25.4 Å². The van der Waals surface area contributed by atoms with Gasteiger partial charge in [0.1, 0.15) is 0 Å². The van der Waals surface area contributed by atoms with Crippen LogP contribution in [0, 0.1) is 0 Å². The largest absolute Gasteiger partial charge is 0.389 e. The second kappa shape index (κ2) is 6.41. The van der Waals surface area contributed by atoms with Gasteiger partial charge in [0.25, 0.3) is 0 Å². The molecule has 20 heavy (non-hydrogen) atoms. The number of benzene rings is 1. The molecule has 2 atom stereocenters. The zero-order chi connectivity index (χ0) is 13.9. The van der Waals surface area contributed by atoms with Gasteiger partial charge in [0.15, 0.2) is 0 Å². The van der Waals surface area contributed by atoms with Gasteiger partial charge < -0.3 is 9.84 Å². The van der Waals surface area contributed by atoms with Crippen molar-refractivity contribution in [1.82, 2.24) is 9.80 Å². The van der Waals surface area contributed by atoms with Gasteiger partial charge in [0.2, 0.25) is 0 Å². The lowest BCUT2D eigenvalue weighted by atomic mass is 10.1. The molecule has 2 saturated heterocycles. The predicted octanol–water partition coefficient (Wildman–Crippen LogP) is 1.22. The van der Waals surface area contributed by atoms with E-state index in [9.17, 15) is 5.11 Å². The van der Waals surface area contributed by atoms with Crippen LogP contribution >= 0.6 is 11.6 Å². The van der Waals surface area contributed by atoms with E-state index >= 15 is 0 Å². The van der Waals surface area contributed by atoms with Crippen LogP contribution in [0.25, 0.3) is 0 Å². The quantitative estimate of drug-likeness (QED) is 0.910. The molecule has 0 aromatic heterocycles. The minimum absolute atomic E-state index is 0.188. The number of halogens is 1. The highest BCUT2D eigenvalue weighted by atomic mass is 35.5. The van der Waals surface area contributed by atoms with E-state index in [2.05, 4.69) is 21.9 Å². The van der Waals surface area contributed by atoms with Crippen LogP contribution in [0.3, 0.4) is 0 Å². The van der Waals surface area contributed by atoms with Crippen molar-refractivity contribution in [3.05, 3.63) is 34.9 Å². The van der Waals surface area contributed by atoms with Crippen molar-refractivity contribution in [2.24, 2.45) is 0 Å². The van der Waals surface area contributed by atoms with Gasteiger partial charge in [-0.15, -0.1) is 0 Å². The zero-order valence-electron chi connectivity index (χ0n) is 11.5. The fourth-order valence-corrected chi connectivity index (χ4v) is 3.11. The summed E-state index contributed by atoms with van der Waals surface area (Å²) in [6, 6.07) is 8.25. The van der Waals surface area contributed by atoms with Crippen molar-refractivity contribution in [2.45, 2.75) is 18.7 Å². The van der Waals surface area contributed by atoms with Crippen molar-refractivity contribution < 1.29 is 9.84 Å². The maximum absolute atomic E-state index is 9.88. The highest BCUT2D eigenvalue weighted by molar-refractivity contribution is 6.30. The molecule has 0 amide bonds. The SMILES string of the molecule is O[C@H]1COC[C@@H]1N1CCN(Cc2ccc(Cl)cc2)CC1. The van der Waals surface area contributed by atoms with Crippen LogP contribution in [-0.2, 0) is 11.3 Å². The van der Waals surface area contributed by atoms with Crippen molar-refractivity contribution in [3.8, 4) is 0 Å². The summed E-state index contributed by atoms with van der Waals surface area (Å²) in [6.07, 6.45) is -0.321. The van der Waals surface area contributed by atoms with Crippen molar-refractivity contribution in [3.63, 3.8) is 0 Å². The molecule has 2 aliphatic heterocycles. The van der Waals surface area contributed by atoms with Crippen molar-refractivity contribution in [1.29, 1.82) is 0 Å².